The number of hydrogen-bond donors (Lipinski definition) is 1. The molecule has 1 unspecified atom stereocenters. The summed E-state index contributed by atoms with van der Waals surface area (Å²) >= 11 is 0. The number of para-hydroxylation sites is 1. The van der Waals surface area contributed by atoms with Gasteiger partial charge in [0.25, 0.3) is 0 Å². The molecule has 3 rings (SSSR count). The lowest BCUT2D eigenvalue weighted by Gasteiger charge is -2.15. The fourth-order valence-electron chi connectivity index (χ4n) is 2.63. The van der Waals surface area contributed by atoms with Gasteiger partial charge < -0.3 is 5.32 Å². The molecule has 1 aliphatic heterocycles. The van der Waals surface area contributed by atoms with Crippen LogP contribution < -0.4 is 5.32 Å². The third kappa shape index (κ3) is 2.09. The highest BCUT2D eigenvalue weighted by molar-refractivity contribution is 5.63. The fraction of sp³-hybridized carbons (Fsp3) is 0.250. The molecule has 98 valence electrons. The van der Waals surface area contributed by atoms with Gasteiger partial charge >= 0.3 is 0 Å². The van der Waals surface area contributed by atoms with Gasteiger partial charge in [0.15, 0.2) is 6.17 Å². The van der Waals surface area contributed by atoms with E-state index in [-0.39, 0.29) is 0 Å². The Kier molecular flexibility index (Phi) is 2.97. The Morgan fingerprint density at radius 3 is 2.84 bits per heavy atom. The number of aryl methyl sites for hydroxylation is 1. The second-order valence-electron chi connectivity index (χ2n) is 4.92. The van der Waals surface area contributed by atoms with Crippen molar-refractivity contribution in [3.05, 3.63) is 64.5 Å². The van der Waals surface area contributed by atoms with E-state index in [0.29, 0.717) is 11.1 Å². The third-order valence-electron chi connectivity index (χ3n) is 3.67. The average Bonchev–Trinajstić information content (AvgIpc) is 2.89. The van der Waals surface area contributed by atoms with Crippen molar-refractivity contribution in [3.63, 3.8) is 0 Å². The third-order valence-corrected chi connectivity index (χ3v) is 3.67. The van der Waals surface area contributed by atoms with Gasteiger partial charge in [-0.25, -0.2) is 8.78 Å². The van der Waals surface area contributed by atoms with Crippen molar-refractivity contribution in [1.82, 2.24) is 0 Å². The van der Waals surface area contributed by atoms with Crippen LogP contribution in [0.1, 0.15) is 28.4 Å². The van der Waals surface area contributed by atoms with Gasteiger partial charge in [-0.2, -0.15) is 0 Å². The smallest absolute Gasteiger partial charge is 0.153 e. The van der Waals surface area contributed by atoms with E-state index in [1.807, 2.05) is 12.1 Å². The van der Waals surface area contributed by atoms with Gasteiger partial charge in [0.05, 0.1) is 0 Å². The zero-order chi connectivity index (χ0) is 13.4. The van der Waals surface area contributed by atoms with Gasteiger partial charge in [0.1, 0.15) is 5.82 Å². The van der Waals surface area contributed by atoms with Gasteiger partial charge in [-0.15, -0.1) is 0 Å². The topological polar surface area (TPSA) is 12.0 Å². The normalized spacial score (nSPS) is 14.9. The van der Waals surface area contributed by atoms with E-state index >= 15 is 0 Å². The monoisotopic (exact) mass is 259 g/mol. The molecule has 0 radical (unpaired) electrons. The summed E-state index contributed by atoms with van der Waals surface area (Å²) in [5.74, 6) is -0.399. The highest BCUT2D eigenvalue weighted by Gasteiger charge is 2.22. The van der Waals surface area contributed by atoms with E-state index < -0.39 is 12.0 Å². The Balaban J connectivity index is 2.07. The summed E-state index contributed by atoms with van der Waals surface area (Å²) < 4.78 is 28.1. The van der Waals surface area contributed by atoms with Crippen LogP contribution in [0.2, 0.25) is 0 Å². The summed E-state index contributed by atoms with van der Waals surface area (Å²) in [5, 5.41) is 3.22. The molecule has 0 saturated carbocycles. The zero-order valence-electron chi connectivity index (χ0n) is 10.7. The standard InChI is InChI=1S/C16H15F2N/c1-10-5-6-12(17)9-14(10)15(18)13-4-2-3-11-7-8-19-16(11)13/h2-6,9,15,19H,7-8H2,1H3. The first-order chi connectivity index (χ1) is 9.16. The molecule has 0 aliphatic carbocycles. The zero-order valence-corrected chi connectivity index (χ0v) is 10.7. The maximum absolute atomic E-state index is 14.8. The van der Waals surface area contributed by atoms with Gasteiger partial charge in [-0.1, -0.05) is 24.3 Å². The molecule has 2 aromatic rings. The maximum atomic E-state index is 14.8. The van der Waals surface area contributed by atoms with Crippen molar-refractivity contribution in [3.8, 4) is 0 Å². The molecule has 0 amide bonds. The Morgan fingerprint density at radius 1 is 1.16 bits per heavy atom. The minimum atomic E-state index is -1.30. The van der Waals surface area contributed by atoms with E-state index in [9.17, 15) is 8.78 Å². The first kappa shape index (κ1) is 12.2. The predicted octanol–water partition coefficient (Wildman–Crippen LogP) is 4.16. The first-order valence-corrected chi connectivity index (χ1v) is 6.42. The summed E-state index contributed by atoms with van der Waals surface area (Å²) in [7, 11) is 0. The number of anilines is 1. The lowest BCUT2D eigenvalue weighted by atomic mass is 9.96. The molecule has 1 N–H and O–H groups in total. The molecule has 1 heterocycles. The van der Waals surface area contributed by atoms with Gasteiger partial charge in [-0.05, 0) is 42.2 Å². The van der Waals surface area contributed by atoms with Crippen LogP contribution in [0.25, 0.3) is 0 Å². The predicted molar refractivity (Wildman–Crippen MR) is 72.7 cm³/mol. The minimum Gasteiger partial charge on any atom is -0.384 e. The molecule has 19 heavy (non-hydrogen) atoms. The molecule has 0 bridgehead atoms. The quantitative estimate of drug-likeness (QED) is 0.853. The van der Waals surface area contributed by atoms with Crippen molar-refractivity contribution >= 4 is 5.69 Å². The van der Waals surface area contributed by atoms with E-state index in [1.165, 1.54) is 12.1 Å². The van der Waals surface area contributed by atoms with E-state index in [2.05, 4.69) is 5.32 Å². The van der Waals surface area contributed by atoms with E-state index in [0.717, 1.165) is 29.8 Å². The number of fused-ring (bicyclic) bond motifs is 1. The number of halogens is 2. The van der Waals surface area contributed by atoms with Crippen LogP contribution >= 0.6 is 0 Å². The first-order valence-electron chi connectivity index (χ1n) is 6.42. The van der Waals surface area contributed by atoms with Crippen molar-refractivity contribution in [2.75, 3.05) is 11.9 Å². The lowest BCUT2D eigenvalue weighted by Crippen LogP contribution is -2.02. The van der Waals surface area contributed by atoms with Crippen LogP contribution in [0.15, 0.2) is 36.4 Å². The highest BCUT2D eigenvalue weighted by atomic mass is 19.1. The average molecular weight is 259 g/mol. The summed E-state index contributed by atoms with van der Waals surface area (Å²) in [6.45, 7) is 2.64. The Morgan fingerprint density at radius 2 is 2.00 bits per heavy atom. The van der Waals surface area contributed by atoms with Crippen molar-refractivity contribution in [2.24, 2.45) is 0 Å². The maximum Gasteiger partial charge on any atom is 0.153 e. The number of benzene rings is 2. The van der Waals surface area contributed by atoms with Crippen molar-refractivity contribution in [1.29, 1.82) is 0 Å². The van der Waals surface area contributed by atoms with Crippen LogP contribution in [0, 0.1) is 12.7 Å². The van der Waals surface area contributed by atoms with Crippen LogP contribution in [0.4, 0.5) is 14.5 Å². The lowest BCUT2D eigenvalue weighted by molar-refractivity contribution is 0.399. The number of alkyl halides is 1. The summed E-state index contributed by atoms with van der Waals surface area (Å²) in [5.41, 5.74) is 3.78. The molecule has 2 aromatic carbocycles. The Hall–Kier alpha value is -1.90. The SMILES string of the molecule is Cc1ccc(F)cc1C(F)c1cccc2c1NCC2. The second-order valence-corrected chi connectivity index (χ2v) is 4.92. The van der Waals surface area contributed by atoms with E-state index in [1.54, 1.807) is 19.1 Å². The van der Waals surface area contributed by atoms with Gasteiger partial charge in [-0.3, -0.25) is 0 Å². The Labute approximate surface area is 111 Å². The van der Waals surface area contributed by atoms with Gasteiger partial charge in [0, 0.05) is 17.8 Å². The summed E-state index contributed by atoms with van der Waals surface area (Å²) in [6.07, 6.45) is -0.380. The van der Waals surface area contributed by atoms with Gasteiger partial charge in [0.2, 0.25) is 0 Å². The van der Waals surface area contributed by atoms with Crippen molar-refractivity contribution in [2.45, 2.75) is 19.5 Å². The second kappa shape index (κ2) is 4.65. The molecular weight excluding hydrogens is 244 g/mol. The molecule has 0 saturated heterocycles. The minimum absolute atomic E-state index is 0.399. The van der Waals surface area contributed by atoms with Crippen LogP contribution in [0.5, 0.6) is 0 Å². The largest absolute Gasteiger partial charge is 0.384 e. The molecule has 0 fully saturated rings. The Bertz CT molecular complexity index is 622. The molecule has 1 atom stereocenters. The molecule has 3 heteroatoms. The number of rotatable bonds is 2. The number of hydrogen-bond acceptors (Lipinski definition) is 1. The summed E-state index contributed by atoms with van der Waals surface area (Å²) in [6, 6.07) is 9.90. The van der Waals surface area contributed by atoms with Crippen molar-refractivity contribution < 1.29 is 8.78 Å². The molecular formula is C16H15F2N. The molecule has 1 nitrogen and oxygen atoms in total. The fourth-order valence-corrected chi connectivity index (χ4v) is 2.63. The molecule has 0 spiro atoms. The van der Waals surface area contributed by atoms with Crippen LogP contribution in [-0.4, -0.2) is 6.54 Å². The molecule has 0 aromatic heterocycles. The van der Waals surface area contributed by atoms with E-state index in [4.69, 9.17) is 0 Å². The number of nitrogens with one attached hydrogen (secondary N) is 1. The highest BCUT2D eigenvalue weighted by Crippen LogP contribution is 2.37. The van der Waals surface area contributed by atoms with Crippen LogP contribution in [-0.2, 0) is 6.42 Å². The van der Waals surface area contributed by atoms with Crippen LogP contribution in [0.3, 0.4) is 0 Å². The molecule has 1 aliphatic rings. The summed E-state index contributed by atoms with van der Waals surface area (Å²) in [4.78, 5) is 0.